The van der Waals surface area contributed by atoms with Gasteiger partial charge in [0, 0.05) is 0 Å². The van der Waals surface area contributed by atoms with Crippen molar-refractivity contribution in [3.05, 3.63) is 29.8 Å². The number of rotatable bonds is 4. The lowest BCUT2D eigenvalue weighted by atomic mass is 9.74. The van der Waals surface area contributed by atoms with Crippen LogP contribution in [0.5, 0.6) is 5.75 Å². The topological polar surface area (TPSA) is 33.0 Å². The van der Waals surface area contributed by atoms with Crippen molar-refractivity contribution in [2.45, 2.75) is 50.6 Å². The Bertz CT molecular complexity index is 568. The van der Waals surface area contributed by atoms with E-state index in [1.807, 2.05) is 12.1 Å². The fourth-order valence-corrected chi connectivity index (χ4v) is 6.69. The summed E-state index contributed by atoms with van der Waals surface area (Å²) in [4.78, 5) is 0. The highest BCUT2D eigenvalue weighted by molar-refractivity contribution is 7.16. The summed E-state index contributed by atoms with van der Waals surface area (Å²) in [7, 11) is -2.83. The zero-order valence-corrected chi connectivity index (χ0v) is 15.8. The van der Waals surface area contributed by atoms with Crippen molar-refractivity contribution in [3.8, 4) is 11.8 Å². The lowest BCUT2D eigenvalue weighted by molar-refractivity contribution is 0.147. The Morgan fingerprint density at radius 3 is 2.21 bits per heavy atom. The first-order valence-corrected chi connectivity index (χ1v) is 12.4. The van der Waals surface area contributed by atoms with Crippen LogP contribution in [0.25, 0.3) is 0 Å². The van der Waals surface area contributed by atoms with Gasteiger partial charge < -0.3 is 4.74 Å². The zero-order valence-electron chi connectivity index (χ0n) is 14.0. The highest BCUT2D eigenvalue weighted by atomic mass is 35.6. The second kappa shape index (κ2) is 7.88. The number of hydrogen-bond acceptors (Lipinski definition) is 2. The number of benzene rings is 1. The van der Waals surface area contributed by atoms with Crippen molar-refractivity contribution in [2.24, 2.45) is 17.8 Å². The Kier molecular flexibility index (Phi) is 5.83. The van der Waals surface area contributed by atoms with Gasteiger partial charge in [-0.05, 0) is 92.6 Å². The fraction of sp³-hybridized carbons (Fsp3) is 0.632. The normalized spacial score (nSPS) is 33.6. The Morgan fingerprint density at radius 2 is 1.62 bits per heavy atom. The minimum atomic E-state index is -2.83. The van der Waals surface area contributed by atoms with Gasteiger partial charge in [0.05, 0.1) is 18.2 Å². The molecule has 0 spiro atoms. The van der Waals surface area contributed by atoms with Gasteiger partial charge >= 0.3 is 7.72 Å². The molecule has 0 bridgehead atoms. The predicted molar refractivity (Wildman–Crippen MR) is 97.2 cm³/mol. The third-order valence-corrected chi connectivity index (χ3v) is 8.96. The zero-order chi connectivity index (χ0) is 17.0. The second-order valence-corrected chi connectivity index (χ2v) is 12.2. The maximum atomic E-state index is 13.9. The van der Waals surface area contributed by atoms with Gasteiger partial charge in [0.1, 0.15) is 5.75 Å². The molecular weight excluding hydrogens is 341 g/mol. The van der Waals surface area contributed by atoms with Gasteiger partial charge in [-0.1, -0.05) is 0 Å². The number of nitrogens with zero attached hydrogens (tertiary/aromatic N) is 1. The van der Waals surface area contributed by atoms with Crippen LogP contribution in [0, 0.1) is 29.1 Å². The molecule has 0 aromatic heterocycles. The molecule has 130 valence electrons. The molecule has 0 N–H and O–H groups in total. The molecule has 2 nitrogen and oxygen atoms in total. The summed E-state index contributed by atoms with van der Waals surface area (Å²) < 4.78 is 19.7. The fourth-order valence-electron chi connectivity index (χ4n) is 4.20. The van der Waals surface area contributed by atoms with Crippen LogP contribution in [0.3, 0.4) is 0 Å². The van der Waals surface area contributed by atoms with E-state index in [-0.39, 0.29) is 0 Å². The van der Waals surface area contributed by atoms with Gasteiger partial charge in [-0.25, -0.2) is 0 Å². The number of ether oxygens (including phenoxy) is 1. The van der Waals surface area contributed by atoms with E-state index < -0.39 is 7.72 Å². The average molecular weight is 366 g/mol. The van der Waals surface area contributed by atoms with Crippen LogP contribution in [0.15, 0.2) is 24.3 Å². The van der Waals surface area contributed by atoms with Crippen LogP contribution in [0.1, 0.15) is 44.1 Å². The SMILES string of the molecule is N#Cc1ccc(OCC2CCC(C3CC[Si](F)(Cl)CC3)CC2)cc1. The van der Waals surface area contributed by atoms with Crippen molar-refractivity contribution in [1.82, 2.24) is 0 Å². The molecule has 0 amide bonds. The molecule has 0 atom stereocenters. The summed E-state index contributed by atoms with van der Waals surface area (Å²) in [6, 6.07) is 10.7. The highest BCUT2D eigenvalue weighted by Gasteiger charge is 2.40. The second-order valence-electron chi connectivity index (χ2n) is 7.42. The molecule has 2 aliphatic rings. The molecule has 5 heteroatoms. The van der Waals surface area contributed by atoms with Gasteiger partial charge in [-0.2, -0.15) is 5.26 Å². The first kappa shape index (κ1) is 17.8. The van der Waals surface area contributed by atoms with E-state index in [0.717, 1.165) is 31.1 Å². The molecule has 1 saturated heterocycles. The largest absolute Gasteiger partial charge is 0.493 e. The minimum Gasteiger partial charge on any atom is -0.493 e. The smallest absolute Gasteiger partial charge is 0.339 e. The summed E-state index contributed by atoms with van der Waals surface area (Å²) >= 11 is 5.96. The Morgan fingerprint density at radius 1 is 1.04 bits per heavy atom. The van der Waals surface area contributed by atoms with E-state index in [1.54, 1.807) is 12.1 Å². The van der Waals surface area contributed by atoms with Crippen LogP contribution in [0.2, 0.25) is 12.1 Å². The summed E-state index contributed by atoms with van der Waals surface area (Å²) in [6.45, 7) is 0.755. The standard InChI is InChI=1S/C19H25ClFNOSi/c20-24(21)11-9-18(10-12-24)17-5-1-16(2-6-17)14-23-19-7-3-15(13-22)4-8-19/h3-4,7-8,16-18H,1-2,5-6,9-12,14H2. The van der Waals surface area contributed by atoms with Crippen LogP contribution in [0.4, 0.5) is 4.11 Å². The first-order chi connectivity index (χ1) is 11.6. The molecule has 1 aliphatic heterocycles. The van der Waals surface area contributed by atoms with Gasteiger partial charge in [0.25, 0.3) is 0 Å². The van der Waals surface area contributed by atoms with Gasteiger partial charge in [0.2, 0.25) is 0 Å². The lowest BCUT2D eigenvalue weighted by Gasteiger charge is -2.37. The molecule has 0 radical (unpaired) electrons. The third kappa shape index (κ3) is 4.74. The number of nitriles is 1. The van der Waals surface area contributed by atoms with E-state index >= 15 is 0 Å². The van der Waals surface area contributed by atoms with Gasteiger partial charge in [0.15, 0.2) is 0 Å². The van der Waals surface area contributed by atoms with E-state index in [2.05, 4.69) is 6.07 Å². The molecule has 1 aliphatic carbocycles. The lowest BCUT2D eigenvalue weighted by Crippen LogP contribution is -2.32. The molecule has 3 rings (SSSR count). The molecule has 1 heterocycles. The quantitative estimate of drug-likeness (QED) is 0.498. The number of hydrogen-bond donors (Lipinski definition) is 0. The summed E-state index contributed by atoms with van der Waals surface area (Å²) in [5, 5.41) is 8.81. The molecule has 2 fully saturated rings. The van der Waals surface area contributed by atoms with E-state index in [1.165, 1.54) is 25.7 Å². The molecule has 1 aromatic rings. The molecule has 1 saturated carbocycles. The van der Waals surface area contributed by atoms with Crippen LogP contribution in [-0.2, 0) is 0 Å². The Hall–Kier alpha value is -1.05. The average Bonchev–Trinajstić information content (AvgIpc) is 2.61. The predicted octanol–water partition coefficient (Wildman–Crippen LogP) is 5.80. The summed E-state index contributed by atoms with van der Waals surface area (Å²) in [6.07, 6.45) is 6.91. The highest BCUT2D eigenvalue weighted by Crippen LogP contribution is 2.44. The third-order valence-electron chi connectivity index (χ3n) is 5.79. The van der Waals surface area contributed by atoms with Gasteiger partial charge in [-0.15, -0.1) is 11.1 Å². The molecule has 1 aromatic carbocycles. The van der Waals surface area contributed by atoms with E-state index in [4.69, 9.17) is 21.1 Å². The summed E-state index contributed by atoms with van der Waals surface area (Å²) in [5.74, 6) is 2.91. The molecular formula is C19H25ClFNOSi. The van der Waals surface area contributed by atoms with Crippen molar-refractivity contribution >= 4 is 18.8 Å². The van der Waals surface area contributed by atoms with Crippen molar-refractivity contribution < 1.29 is 8.84 Å². The minimum absolute atomic E-state index is 0.614. The number of halogens is 2. The molecule has 0 unspecified atom stereocenters. The van der Waals surface area contributed by atoms with Crippen molar-refractivity contribution in [3.63, 3.8) is 0 Å². The monoisotopic (exact) mass is 365 g/mol. The van der Waals surface area contributed by atoms with Crippen LogP contribution >= 0.6 is 11.1 Å². The van der Waals surface area contributed by atoms with E-state index in [9.17, 15) is 4.11 Å². The Balaban J connectivity index is 1.40. The molecule has 24 heavy (non-hydrogen) atoms. The van der Waals surface area contributed by atoms with E-state index in [0.29, 0.717) is 29.5 Å². The Labute approximate surface area is 149 Å². The van der Waals surface area contributed by atoms with Crippen LogP contribution < -0.4 is 4.74 Å². The maximum absolute atomic E-state index is 13.9. The maximum Gasteiger partial charge on any atom is 0.339 e. The summed E-state index contributed by atoms with van der Waals surface area (Å²) in [5.41, 5.74) is 0.660. The first-order valence-electron chi connectivity index (χ1n) is 9.06. The van der Waals surface area contributed by atoms with Crippen molar-refractivity contribution in [1.29, 1.82) is 5.26 Å². The van der Waals surface area contributed by atoms with Crippen molar-refractivity contribution in [2.75, 3.05) is 6.61 Å². The van der Waals surface area contributed by atoms with Crippen LogP contribution in [-0.4, -0.2) is 14.3 Å². The van der Waals surface area contributed by atoms with Gasteiger partial charge in [-0.3, -0.25) is 4.11 Å².